The zero-order valence-corrected chi connectivity index (χ0v) is 15.2. The van der Waals surface area contributed by atoms with Crippen molar-refractivity contribution in [3.63, 3.8) is 0 Å². The Balaban J connectivity index is 2.05. The number of benzene rings is 2. The van der Waals surface area contributed by atoms with Gasteiger partial charge in [0.25, 0.3) is 0 Å². The maximum Gasteiger partial charge on any atom is 0.427 e. The molecule has 2 nitrogen and oxygen atoms in total. The summed E-state index contributed by atoms with van der Waals surface area (Å²) in [5.41, 5.74) is -0.229. The lowest BCUT2D eigenvalue weighted by molar-refractivity contribution is -0.135. The van der Waals surface area contributed by atoms with Crippen molar-refractivity contribution in [2.24, 2.45) is 0 Å². The lowest BCUT2D eigenvalue weighted by atomic mass is 10.0. The first-order valence-corrected chi connectivity index (χ1v) is 8.91. The standard InChI is InChI=1S/C19H13F6NOS/c1-2-10-6-7-11(15(22)8-10)16-12(18(28-26-16)19(23,24)25)9-27-17-13(20)4-3-5-14(17)21/h3-8H,2,9H2,1H3. The Kier molecular flexibility index (Phi) is 5.64. The van der Waals surface area contributed by atoms with Gasteiger partial charge in [-0.2, -0.15) is 17.5 Å². The van der Waals surface area contributed by atoms with Gasteiger partial charge in [-0.3, -0.25) is 0 Å². The lowest BCUT2D eigenvalue weighted by Gasteiger charge is -2.12. The zero-order chi connectivity index (χ0) is 20.5. The summed E-state index contributed by atoms with van der Waals surface area (Å²) >= 11 is 0.131. The molecule has 0 aliphatic heterocycles. The fraction of sp³-hybridized carbons (Fsp3) is 0.211. The summed E-state index contributed by atoms with van der Waals surface area (Å²) in [6.45, 7) is 0.981. The van der Waals surface area contributed by atoms with E-state index in [1.54, 1.807) is 13.0 Å². The molecule has 1 aromatic heterocycles. The van der Waals surface area contributed by atoms with Crippen LogP contribution in [0.3, 0.4) is 0 Å². The van der Waals surface area contributed by atoms with Crippen molar-refractivity contribution in [1.82, 2.24) is 4.37 Å². The van der Waals surface area contributed by atoms with E-state index in [0.29, 0.717) is 12.0 Å². The van der Waals surface area contributed by atoms with Crippen LogP contribution < -0.4 is 4.74 Å². The van der Waals surface area contributed by atoms with E-state index in [1.165, 1.54) is 12.1 Å². The Bertz CT molecular complexity index is 978. The Morgan fingerprint density at radius 2 is 1.68 bits per heavy atom. The maximum atomic E-state index is 14.4. The van der Waals surface area contributed by atoms with Crippen molar-refractivity contribution in [2.45, 2.75) is 26.1 Å². The molecule has 0 spiro atoms. The van der Waals surface area contributed by atoms with Crippen LogP contribution in [0.15, 0.2) is 36.4 Å². The summed E-state index contributed by atoms with van der Waals surface area (Å²) in [5.74, 6) is -3.67. The molecule has 0 unspecified atom stereocenters. The van der Waals surface area contributed by atoms with Crippen LogP contribution in [0.25, 0.3) is 11.3 Å². The third-order valence-corrected chi connectivity index (χ3v) is 4.96. The quantitative estimate of drug-likeness (QED) is 0.449. The summed E-state index contributed by atoms with van der Waals surface area (Å²) in [7, 11) is 0. The average Bonchev–Trinajstić information content (AvgIpc) is 3.05. The molecule has 0 bridgehead atoms. The molecule has 3 rings (SSSR count). The molecular weight excluding hydrogens is 404 g/mol. The molecule has 0 fully saturated rings. The topological polar surface area (TPSA) is 22.1 Å². The number of rotatable bonds is 5. The second kappa shape index (κ2) is 7.83. The van der Waals surface area contributed by atoms with Gasteiger partial charge in [0.05, 0.1) is 5.69 Å². The third-order valence-electron chi connectivity index (χ3n) is 4.02. The molecule has 0 amide bonds. The van der Waals surface area contributed by atoms with E-state index in [4.69, 9.17) is 4.74 Å². The van der Waals surface area contributed by atoms with Crippen LogP contribution in [0, 0.1) is 17.5 Å². The number of aryl methyl sites for hydroxylation is 1. The molecule has 28 heavy (non-hydrogen) atoms. The molecule has 0 atom stereocenters. The van der Waals surface area contributed by atoms with Gasteiger partial charge in [0.1, 0.15) is 17.3 Å². The van der Waals surface area contributed by atoms with Crippen molar-refractivity contribution >= 4 is 11.5 Å². The molecule has 148 valence electrons. The Hall–Kier alpha value is -2.55. The van der Waals surface area contributed by atoms with Gasteiger partial charge >= 0.3 is 6.18 Å². The van der Waals surface area contributed by atoms with E-state index < -0.39 is 46.4 Å². The summed E-state index contributed by atoms with van der Waals surface area (Å²) in [6, 6.07) is 7.05. The van der Waals surface area contributed by atoms with Crippen LogP contribution >= 0.6 is 11.5 Å². The smallest absolute Gasteiger partial charge is 0.427 e. The zero-order valence-electron chi connectivity index (χ0n) is 14.4. The number of alkyl halides is 3. The molecule has 0 aliphatic rings. The van der Waals surface area contributed by atoms with E-state index in [1.807, 2.05) is 0 Å². The van der Waals surface area contributed by atoms with Gasteiger partial charge < -0.3 is 4.74 Å². The summed E-state index contributed by atoms with van der Waals surface area (Å²) in [4.78, 5) is -1.11. The van der Waals surface area contributed by atoms with Crippen molar-refractivity contribution < 1.29 is 31.1 Å². The lowest BCUT2D eigenvalue weighted by Crippen LogP contribution is -2.09. The minimum absolute atomic E-state index is 0.131. The molecule has 2 aromatic carbocycles. The minimum Gasteiger partial charge on any atom is -0.483 e. The normalized spacial score (nSPS) is 11.7. The largest absolute Gasteiger partial charge is 0.483 e. The predicted molar refractivity (Wildman–Crippen MR) is 92.6 cm³/mol. The highest BCUT2D eigenvalue weighted by Gasteiger charge is 2.38. The molecule has 3 aromatic rings. The molecule has 0 aliphatic carbocycles. The molecular formula is C19H13F6NOS. The number of aromatic nitrogens is 1. The first-order valence-electron chi connectivity index (χ1n) is 8.13. The Morgan fingerprint density at radius 1 is 1.00 bits per heavy atom. The third kappa shape index (κ3) is 3.99. The summed E-state index contributed by atoms with van der Waals surface area (Å²) < 4.78 is 90.7. The van der Waals surface area contributed by atoms with Gasteiger partial charge in [-0.15, -0.1) is 0 Å². The van der Waals surface area contributed by atoms with E-state index in [9.17, 15) is 26.3 Å². The second-order valence-electron chi connectivity index (χ2n) is 5.84. The van der Waals surface area contributed by atoms with Gasteiger partial charge in [-0.05, 0) is 47.8 Å². The van der Waals surface area contributed by atoms with Crippen LogP contribution in [0.2, 0.25) is 0 Å². The van der Waals surface area contributed by atoms with E-state index in [-0.39, 0.29) is 22.8 Å². The van der Waals surface area contributed by atoms with Crippen LogP contribution in [-0.2, 0) is 19.2 Å². The summed E-state index contributed by atoms with van der Waals surface area (Å²) in [5, 5.41) is 0. The fourth-order valence-electron chi connectivity index (χ4n) is 2.61. The first-order chi connectivity index (χ1) is 13.2. The first kappa shape index (κ1) is 20.2. The SMILES string of the molecule is CCc1ccc(-c2nsc(C(F)(F)F)c2COc2c(F)cccc2F)c(F)c1. The van der Waals surface area contributed by atoms with E-state index >= 15 is 0 Å². The van der Waals surface area contributed by atoms with Crippen LogP contribution in [-0.4, -0.2) is 4.37 Å². The molecule has 0 saturated heterocycles. The van der Waals surface area contributed by atoms with Gasteiger partial charge in [-0.25, -0.2) is 13.2 Å². The van der Waals surface area contributed by atoms with Crippen molar-refractivity contribution in [1.29, 1.82) is 0 Å². The monoisotopic (exact) mass is 417 g/mol. The average molecular weight is 417 g/mol. The van der Waals surface area contributed by atoms with Crippen molar-refractivity contribution in [3.05, 3.63) is 69.9 Å². The number of ether oxygens (including phenoxy) is 1. The van der Waals surface area contributed by atoms with Crippen LogP contribution in [0.5, 0.6) is 5.75 Å². The fourth-order valence-corrected chi connectivity index (χ4v) is 3.37. The predicted octanol–water partition coefficient (Wildman–Crippen LogP) is 6.39. The molecule has 0 saturated carbocycles. The molecule has 9 heteroatoms. The second-order valence-corrected chi connectivity index (χ2v) is 6.62. The van der Waals surface area contributed by atoms with Crippen LogP contribution in [0.1, 0.15) is 22.9 Å². The maximum absolute atomic E-state index is 14.4. The van der Waals surface area contributed by atoms with Crippen LogP contribution in [0.4, 0.5) is 26.3 Å². The molecule has 0 radical (unpaired) electrons. The summed E-state index contributed by atoms with van der Waals surface area (Å²) in [6.07, 6.45) is -4.23. The van der Waals surface area contributed by atoms with Gasteiger partial charge in [0, 0.05) is 11.1 Å². The Labute approximate surface area is 160 Å². The minimum atomic E-state index is -4.78. The number of halogens is 6. The van der Waals surface area contributed by atoms with E-state index in [2.05, 4.69) is 4.37 Å². The van der Waals surface area contributed by atoms with Gasteiger partial charge in [0.15, 0.2) is 17.4 Å². The number of hydrogen-bond donors (Lipinski definition) is 0. The number of nitrogens with zero attached hydrogens (tertiary/aromatic N) is 1. The molecule has 1 heterocycles. The Morgan fingerprint density at radius 3 is 2.25 bits per heavy atom. The highest BCUT2D eigenvalue weighted by atomic mass is 32.1. The highest BCUT2D eigenvalue weighted by molar-refractivity contribution is 7.06. The number of hydrogen-bond acceptors (Lipinski definition) is 3. The number of para-hydroxylation sites is 1. The van der Waals surface area contributed by atoms with Crippen molar-refractivity contribution in [3.8, 4) is 17.0 Å². The van der Waals surface area contributed by atoms with Crippen molar-refractivity contribution in [2.75, 3.05) is 0 Å². The highest BCUT2D eigenvalue weighted by Crippen LogP contribution is 2.41. The van der Waals surface area contributed by atoms with E-state index in [0.717, 1.165) is 18.2 Å². The molecule has 0 N–H and O–H groups in total. The van der Waals surface area contributed by atoms with Gasteiger partial charge in [0.2, 0.25) is 0 Å². The van der Waals surface area contributed by atoms with Gasteiger partial charge in [-0.1, -0.05) is 19.1 Å².